The summed E-state index contributed by atoms with van der Waals surface area (Å²) in [4.78, 5) is 10.9. The van der Waals surface area contributed by atoms with Crippen molar-refractivity contribution in [2.24, 2.45) is 0 Å². The molecule has 0 aromatic carbocycles. The summed E-state index contributed by atoms with van der Waals surface area (Å²) in [5, 5.41) is 16.3. The molecule has 0 saturated heterocycles. The molecular weight excluding hydrogens is 232 g/mol. The van der Waals surface area contributed by atoms with Crippen LogP contribution in [0.4, 0.5) is 0 Å². The molecule has 0 heterocycles. The van der Waals surface area contributed by atoms with E-state index in [1.165, 1.54) is 6.92 Å². The summed E-state index contributed by atoms with van der Waals surface area (Å²) in [6.07, 6.45) is 0.217. The molecule has 0 aliphatic rings. The van der Waals surface area contributed by atoms with Gasteiger partial charge in [-0.2, -0.15) is 9.98 Å². The highest BCUT2D eigenvalue weighted by Crippen LogP contribution is 2.14. The molecule has 0 bridgehead atoms. The lowest BCUT2D eigenvalue weighted by atomic mass is 10.0. The Bertz CT molecular complexity index is 398. The molecule has 7 heteroatoms. The first kappa shape index (κ1) is 14.9. The van der Waals surface area contributed by atoms with Crippen LogP contribution in [0.5, 0.6) is 0 Å². The molecule has 0 saturated carbocycles. The summed E-state index contributed by atoms with van der Waals surface area (Å²) in [5.74, 6) is -1.26. The van der Waals surface area contributed by atoms with E-state index in [-0.39, 0.29) is 12.8 Å². The second-order valence-electron chi connectivity index (χ2n) is 3.66. The van der Waals surface area contributed by atoms with E-state index in [0.29, 0.717) is 0 Å². The second-order valence-corrected chi connectivity index (χ2v) is 5.53. The summed E-state index contributed by atoms with van der Waals surface area (Å²) in [7, 11) is -3.93. The van der Waals surface area contributed by atoms with E-state index in [1.54, 1.807) is 19.9 Å². The van der Waals surface area contributed by atoms with Crippen LogP contribution < -0.4 is 4.72 Å². The molecule has 92 valence electrons. The summed E-state index contributed by atoms with van der Waals surface area (Å²) < 4.78 is 25.4. The third-order valence-corrected chi connectivity index (χ3v) is 4.36. The first-order valence-electron chi connectivity index (χ1n) is 4.89. The molecule has 0 aliphatic heterocycles. The highest BCUT2D eigenvalue weighted by Gasteiger charge is 2.38. The van der Waals surface area contributed by atoms with E-state index < -0.39 is 26.8 Å². The normalized spacial score (nSPS) is 17.1. The first-order chi connectivity index (χ1) is 7.23. The fourth-order valence-electron chi connectivity index (χ4n) is 1.03. The highest BCUT2D eigenvalue weighted by molar-refractivity contribution is 7.90. The third kappa shape index (κ3) is 3.18. The highest BCUT2D eigenvalue weighted by atomic mass is 32.2. The van der Waals surface area contributed by atoms with Crippen LogP contribution in [0, 0.1) is 11.3 Å². The summed E-state index contributed by atoms with van der Waals surface area (Å²) in [6.45, 7) is 4.39. The van der Waals surface area contributed by atoms with Crippen LogP contribution in [0.3, 0.4) is 0 Å². The number of nitrogens with zero attached hydrogens (tertiary/aromatic N) is 1. The van der Waals surface area contributed by atoms with Gasteiger partial charge in [0.25, 0.3) is 0 Å². The van der Waals surface area contributed by atoms with Crippen LogP contribution in [-0.2, 0) is 14.8 Å². The average molecular weight is 248 g/mol. The predicted octanol–water partition coefficient (Wildman–Crippen LogP) is 0.461. The number of carbonyl (C=O) groups is 1. The molecule has 0 spiro atoms. The fourth-order valence-corrected chi connectivity index (χ4v) is 2.61. The van der Waals surface area contributed by atoms with Crippen molar-refractivity contribution in [3.05, 3.63) is 0 Å². The molecular formula is C9H16N2O4S. The number of hydrogen-bond acceptors (Lipinski definition) is 4. The van der Waals surface area contributed by atoms with Gasteiger partial charge in [-0.15, -0.1) is 0 Å². The van der Waals surface area contributed by atoms with Crippen molar-refractivity contribution in [2.75, 3.05) is 0 Å². The minimum absolute atomic E-state index is 0.101. The van der Waals surface area contributed by atoms with Crippen molar-refractivity contribution in [3.8, 4) is 6.07 Å². The Morgan fingerprint density at radius 3 is 2.31 bits per heavy atom. The minimum Gasteiger partial charge on any atom is -0.480 e. The van der Waals surface area contributed by atoms with Crippen LogP contribution in [0.1, 0.15) is 33.6 Å². The Labute approximate surface area is 95.3 Å². The van der Waals surface area contributed by atoms with Gasteiger partial charge in [-0.3, -0.25) is 4.79 Å². The Hall–Kier alpha value is -1.13. The Kier molecular flexibility index (Phi) is 4.90. The lowest BCUT2D eigenvalue weighted by Crippen LogP contribution is -2.53. The van der Waals surface area contributed by atoms with Crippen molar-refractivity contribution >= 4 is 16.0 Å². The fraction of sp³-hybridized carbons (Fsp3) is 0.778. The Morgan fingerprint density at radius 1 is 1.56 bits per heavy atom. The maximum absolute atomic E-state index is 11.7. The molecule has 16 heavy (non-hydrogen) atoms. The molecule has 0 aromatic heterocycles. The zero-order valence-corrected chi connectivity index (χ0v) is 10.3. The predicted molar refractivity (Wildman–Crippen MR) is 58.1 cm³/mol. The molecule has 0 aromatic rings. The largest absolute Gasteiger partial charge is 0.480 e. The van der Waals surface area contributed by atoms with Crippen LogP contribution in [0.2, 0.25) is 0 Å². The summed E-state index contributed by atoms with van der Waals surface area (Å²) in [6, 6.07) is 1.63. The third-order valence-electron chi connectivity index (χ3n) is 2.44. The molecule has 0 radical (unpaired) electrons. The molecule has 6 nitrogen and oxygen atoms in total. The molecule has 0 amide bonds. The maximum atomic E-state index is 11.7. The number of nitrogens with one attached hydrogen (secondary N) is 1. The van der Waals surface area contributed by atoms with Gasteiger partial charge in [0.2, 0.25) is 10.0 Å². The van der Waals surface area contributed by atoms with Gasteiger partial charge >= 0.3 is 5.97 Å². The van der Waals surface area contributed by atoms with Crippen molar-refractivity contribution in [3.63, 3.8) is 0 Å². The Balaban J connectivity index is 5.12. The van der Waals surface area contributed by atoms with Crippen molar-refractivity contribution in [1.82, 2.24) is 4.72 Å². The SMILES string of the molecule is CCC(C#N)S(=O)(=O)NC(C)(CC)C(=O)O. The van der Waals surface area contributed by atoms with E-state index in [9.17, 15) is 13.2 Å². The van der Waals surface area contributed by atoms with E-state index in [2.05, 4.69) is 4.72 Å². The van der Waals surface area contributed by atoms with Crippen LogP contribution in [0.25, 0.3) is 0 Å². The smallest absolute Gasteiger partial charge is 0.324 e. The van der Waals surface area contributed by atoms with E-state index >= 15 is 0 Å². The van der Waals surface area contributed by atoms with E-state index in [0.717, 1.165) is 0 Å². The van der Waals surface area contributed by atoms with Crippen LogP contribution >= 0.6 is 0 Å². The minimum atomic E-state index is -3.93. The number of carboxylic acid groups (broad SMARTS) is 1. The second kappa shape index (κ2) is 5.27. The van der Waals surface area contributed by atoms with E-state index in [1.807, 2.05) is 0 Å². The molecule has 2 N–H and O–H groups in total. The standard InChI is InChI=1S/C9H16N2O4S/c1-4-7(6-10)16(14,15)11-9(3,5-2)8(12)13/h7,11H,4-5H2,1-3H3,(H,12,13). The van der Waals surface area contributed by atoms with Gasteiger partial charge in [-0.1, -0.05) is 13.8 Å². The van der Waals surface area contributed by atoms with Gasteiger partial charge in [-0.05, 0) is 19.8 Å². The van der Waals surface area contributed by atoms with Gasteiger partial charge in [0.05, 0.1) is 6.07 Å². The molecule has 0 fully saturated rings. The summed E-state index contributed by atoms with van der Waals surface area (Å²) >= 11 is 0. The van der Waals surface area contributed by atoms with Gasteiger partial charge in [0.15, 0.2) is 5.25 Å². The van der Waals surface area contributed by atoms with Crippen LogP contribution in [-0.4, -0.2) is 30.3 Å². The van der Waals surface area contributed by atoms with Gasteiger partial charge < -0.3 is 5.11 Å². The zero-order chi connectivity index (χ0) is 13.0. The topological polar surface area (TPSA) is 107 Å². The van der Waals surface area contributed by atoms with Crippen LogP contribution in [0.15, 0.2) is 0 Å². The molecule has 0 aliphatic carbocycles. The van der Waals surface area contributed by atoms with Gasteiger partial charge in [0, 0.05) is 0 Å². The number of sulfonamides is 1. The molecule has 0 rings (SSSR count). The van der Waals surface area contributed by atoms with Crippen molar-refractivity contribution in [1.29, 1.82) is 5.26 Å². The monoisotopic (exact) mass is 248 g/mol. The van der Waals surface area contributed by atoms with Crippen molar-refractivity contribution < 1.29 is 18.3 Å². The number of carboxylic acids is 1. The number of nitriles is 1. The number of aliphatic carboxylic acids is 1. The number of rotatable bonds is 6. The summed E-state index contributed by atoms with van der Waals surface area (Å²) in [5.41, 5.74) is -1.57. The maximum Gasteiger partial charge on any atom is 0.324 e. The zero-order valence-electron chi connectivity index (χ0n) is 9.52. The lowest BCUT2D eigenvalue weighted by Gasteiger charge is -2.25. The molecule has 2 atom stereocenters. The lowest BCUT2D eigenvalue weighted by molar-refractivity contribution is -0.143. The average Bonchev–Trinajstić information content (AvgIpc) is 2.17. The van der Waals surface area contributed by atoms with Gasteiger partial charge in [0.1, 0.15) is 5.54 Å². The molecule has 2 unspecified atom stereocenters. The van der Waals surface area contributed by atoms with E-state index in [4.69, 9.17) is 10.4 Å². The quantitative estimate of drug-likeness (QED) is 0.710. The number of hydrogen-bond donors (Lipinski definition) is 2. The van der Waals surface area contributed by atoms with Crippen molar-refractivity contribution in [2.45, 2.75) is 44.4 Å². The first-order valence-corrected chi connectivity index (χ1v) is 6.44. The van der Waals surface area contributed by atoms with Gasteiger partial charge in [-0.25, -0.2) is 8.42 Å². The Morgan fingerprint density at radius 2 is 2.06 bits per heavy atom.